The highest BCUT2D eigenvalue weighted by atomic mass is 16.2. The lowest BCUT2D eigenvalue weighted by Gasteiger charge is -2.32. The Morgan fingerprint density at radius 3 is 2.58 bits per heavy atom. The molecule has 6 nitrogen and oxygen atoms in total. The van der Waals surface area contributed by atoms with E-state index >= 15 is 0 Å². The van der Waals surface area contributed by atoms with Crippen LogP contribution in [-0.4, -0.2) is 73.0 Å². The molecule has 1 N–H and O–H groups in total. The molecule has 2 aliphatic rings. The van der Waals surface area contributed by atoms with Gasteiger partial charge in [0.2, 0.25) is 5.91 Å². The van der Waals surface area contributed by atoms with E-state index in [1.54, 1.807) is 0 Å². The molecule has 1 aromatic rings. The van der Waals surface area contributed by atoms with Crippen molar-refractivity contribution in [2.24, 2.45) is 5.92 Å². The van der Waals surface area contributed by atoms with Crippen molar-refractivity contribution in [3.63, 3.8) is 0 Å². The predicted octanol–water partition coefficient (Wildman–Crippen LogP) is 0.992. The smallest absolute Gasteiger partial charge is 0.317 e. The third-order valence-electron chi connectivity index (χ3n) is 4.84. The summed E-state index contributed by atoms with van der Waals surface area (Å²) in [7, 11) is 2.07. The number of amides is 3. The number of likely N-dealkylation sites (tertiary alicyclic amines) is 1. The average molecular weight is 330 g/mol. The van der Waals surface area contributed by atoms with Crippen molar-refractivity contribution in [1.82, 2.24) is 20.0 Å². The van der Waals surface area contributed by atoms with Gasteiger partial charge in [0.05, 0.1) is 0 Å². The van der Waals surface area contributed by atoms with Crippen molar-refractivity contribution in [3.8, 4) is 0 Å². The molecule has 0 bridgehead atoms. The second-order valence-corrected chi connectivity index (χ2v) is 6.81. The molecule has 6 heteroatoms. The van der Waals surface area contributed by atoms with Gasteiger partial charge in [-0.25, -0.2) is 4.79 Å². The molecule has 0 spiro atoms. The minimum absolute atomic E-state index is 0.00272. The number of likely N-dealkylation sites (N-methyl/N-ethyl adjacent to an activating group) is 1. The zero-order chi connectivity index (χ0) is 16.9. The maximum Gasteiger partial charge on any atom is 0.317 e. The Hall–Kier alpha value is -2.08. The fourth-order valence-electron chi connectivity index (χ4n) is 3.30. The van der Waals surface area contributed by atoms with Crippen LogP contribution < -0.4 is 5.32 Å². The first kappa shape index (κ1) is 16.8. The number of urea groups is 1. The van der Waals surface area contributed by atoms with Gasteiger partial charge in [-0.15, -0.1) is 0 Å². The van der Waals surface area contributed by atoms with Crippen LogP contribution in [0.4, 0.5) is 4.79 Å². The summed E-state index contributed by atoms with van der Waals surface area (Å²) in [5.41, 5.74) is 1.15. The van der Waals surface area contributed by atoms with E-state index in [9.17, 15) is 9.59 Å². The van der Waals surface area contributed by atoms with Gasteiger partial charge in [0.25, 0.3) is 0 Å². The Balaban J connectivity index is 1.43. The van der Waals surface area contributed by atoms with E-state index < -0.39 is 0 Å². The molecular formula is C18H26N4O2. The number of nitrogens with zero attached hydrogens (tertiary/aromatic N) is 3. The second kappa shape index (κ2) is 7.66. The summed E-state index contributed by atoms with van der Waals surface area (Å²) < 4.78 is 0. The maximum atomic E-state index is 12.2. The highest BCUT2D eigenvalue weighted by Gasteiger charge is 2.30. The highest BCUT2D eigenvalue weighted by molar-refractivity contribution is 5.79. The molecule has 2 fully saturated rings. The summed E-state index contributed by atoms with van der Waals surface area (Å²) >= 11 is 0. The summed E-state index contributed by atoms with van der Waals surface area (Å²) in [5.74, 6) is 0.385. The van der Waals surface area contributed by atoms with Crippen LogP contribution in [-0.2, 0) is 11.3 Å². The van der Waals surface area contributed by atoms with Crippen molar-refractivity contribution < 1.29 is 9.59 Å². The Kier molecular flexibility index (Phi) is 5.35. The first-order chi connectivity index (χ1) is 11.6. The van der Waals surface area contributed by atoms with Gasteiger partial charge < -0.3 is 20.0 Å². The standard InChI is InChI=1S/C18H26N4O2/c1-20-7-9-21(10-8-20)18(24)19-12-16-11-17(23)22(14-16)13-15-5-3-2-4-6-15/h2-6,16H,7-14H2,1H3,(H,19,24)/t16-/m0/s1. The number of nitrogens with one attached hydrogen (secondary N) is 1. The van der Waals surface area contributed by atoms with E-state index in [4.69, 9.17) is 0 Å². The van der Waals surface area contributed by atoms with Gasteiger partial charge in [0.15, 0.2) is 0 Å². The van der Waals surface area contributed by atoms with Crippen LogP contribution in [0.3, 0.4) is 0 Å². The molecule has 2 heterocycles. The topological polar surface area (TPSA) is 55.9 Å². The summed E-state index contributed by atoms with van der Waals surface area (Å²) in [4.78, 5) is 30.4. The number of carbonyl (C=O) groups excluding carboxylic acids is 2. The number of carbonyl (C=O) groups is 2. The maximum absolute atomic E-state index is 12.2. The highest BCUT2D eigenvalue weighted by Crippen LogP contribution is 2.19. The minimum atomic E-state index is -0.00272. The van der Waals surface area contributed by atoms with Gasteiger partial charge in [0.1, 0.15) is 0 Å². The van der Waals surface area contributed by atoms with E-state index in [0.717, 1.165) is 38.3 Å². The number of piperazine rings is 1. The van der Waals surface area contributed by atoms with Crippen molar-refractivity contribution in [2.75, 3.05) is 46.3 Å². The Bertz CT molecular complexity index is 570. The fourth-order valence-corrected chi connectivity index (χ4v) is 3.30. The zero-order valence-electron chi connectivity index (χ0n) is 14.3. The first-order valence-electron chi connectivity index (χ1n) is 8.65. The van der Waals surface area contributed by atoms with Gasteiger partial charge in [0, 0.05) is 58.2 Å². The van der Waals surface area contributed by atoms with Crippen LogP contribution in [0.5, 0.6) is 0 Å². The molecule has 2 saturated heterocycles. The van der Waals surface area contributed by atoms with Crippen molar-refractivity contribution in [2.45, 2.75) is 13.0 Å². The third-order valence-corrected chi connectivity index (χ3v) is 4.84. The van der Waals surface area contributed by atoms with Gasteiger partial charge >= 0.3 is 6.03 Å². The molecular weight excluding hydrogens is 304 g/mol. The monoisotopic (exact) mass is 330 g/mol. The van der Waals surface area contributed by atoms with Crippen molar-refractivity contribution >= 4 is 11.9 Å². The average Bonchev–Trinajstić information content (AvgIpc) is 2.94. The van der Waals surface area contributed by atoms with Crippen LogP contribution in [0, 0.1) is 5.92 Å². The number of hydrogen-bond acceptors (Lipinski definition) is 3. The molecule has 0 saturated carbocycles. The van der Waals surface area contributed by atoms with Crippen LogP contribution in [0.25, 0.3) is 0 Å². The van der Waals surface area contributed by atoms with E-state index in [1.807, 2.05) is 40.1 Å². The third kappa shape index (κ3) is 4.26. The number of hydrogen-bond donors (Lipinski definition) is 1. The Labute approximate surface area is 143 Å². The van der Waals surface area contributed by atoms with Crippen LogP contribution >= 0.6 is 0 Å². The van der Waals surface area contributed by atoms with Crippen molar-refractivity contribution in [3.05, 3.63) is 35.9 Å². The van der Waals surface area contributed by atoms with E-state index in [0.29, 0.717) is 19.5 Å². The van der Waals surface area contributed by atoms with Gasteiger partial charge in [-0.2, -0.15) is 0 Å². The molecule has 0 radical (unpaired) electrons. The molecule has 0 aromatic heterocycles. The summed E-state index contributed by atoms with van der Waals surface area (Å²) in [5, 5.41) is 3.00. The molecule has 130 valence electrons. The zero-order valence-corrected chi connectivity index (χ0v) is 14.3. The van der Waals surface area contributed by atoms with Gasteiger partial charge in [-0.1, -0.05) is 30.3 Å². The summed E-state index contributed by atoms with van der Waals surface area (Å²) in [6.45, 7) is 5.32. The lowest BCUT2D eigenvalue weighted by Crippen LogP contribution is -2.51. The van der Waals surface area contributed by atoms with Crippen LogP contribution in [0.1, 0.15) is 12.0 Å². The van der Waals surface area contributed by atoms with Gasteiger partial charge in [-0.05, 0) is 12.6 Å². The van der Waals surface area contributed by atoms with Gasteiger partial charge in [-0.3, -0.25) is 4.79 Å². The number of benzene rings is 1. The molecule has 0 aliphatic carbocycles. The second-order valence-electron chi connectivity index (χ2n) is 6.81. The normalized spacial score (nSPS) is 22.0. The van der Waals surface area contributed by atoms with E-state index in [1.165, 1.54) is 0 Å². The molecule has 24 heavy (non-hydrogen) atoms. The molecule has 1 aromatic carbocycles. The Morgan fingerprint density at radius 1 is 1.17 bits per heavy atom. The molecule has 0 unspecified atom stereocenters. The Morgan fingerprint density at radius 2 is 1.88 bits per heavy atom. The fraction of sp³-hybridized carbons (Fsp3) is 0.556. The quantitative estimate of drug-likeness (QED) is 0.896. The van der Waals surface area contributed by atoms with Crippen LogP contribution in [0.15, 0.2) is 30.3 Å². The SMILES string of the molecule is CN1CCN(C(=O)NC[C@@H]2CC(=O)N(Cc3ccccc3)C2)CC1. The van der Waals surface area contributed by atoms with Crippen LogP contribution in [0.2, 0.25) is 0 Å². The lowest BCUT2D eigenvalue weighted by molar-refractivity contribution is -0.128. The summed E-state index contributed by atoms with van der Waals surface area (Å²) in [6.07, 6.45) is 0.524. The molecule has 1 atom stereocenters. The first-order valence-corrected chi connectivity index (χ1v) is 8.65. The molecule has 2 aliphatic heterocycles. The largest absolute Gasteiger partial charge is 0.338 e. The van der Waals surface area contributed by atoms with E-state index in [2.05, 4.69) is 17.3 Å². The molecule has 3 rings (SSSR count). The summed E-state index contributed by atoms with van der Waals surface area (Å²) in [6, 6.07) is 10.0. The van der Waals surface area contributed by atoms with E-state index in [-0.39, 0.29) is 17.9 Å². The predicted molar refractivity (Wildman–Crippen MR) is 92.4 cm³/mol. The minimum Gasteiger partial charge on any atom is -0.338 e. The molecule has 3 amide bonds. The lowest BCUT2D eigenvalue weighted by atomic mass is 10.1. The van der Waals surface area contributed by atoms with Crippen molar-refractivity contribution in [1.29, 1.82) is 0 Å². The number of rotatable bonds is 4.